The number of rotatable bonds is 4. The number of aromatic nitrogens is 1. The van der Waals surface area contributed by atoms with Crippen LogP contribution >= 0.6 is 0 Å². The molecule has 5 heteroatoms. The fraction of sp³-hybridized carbons (Fsp3) is 0.333. The third-order valence-electron chi connectivity index (χ3n) is 4.19. The van der Waals surface area contributed by atoms with Gasteiger partial charge in [0, 0.05) is 6.07 Å². The van der Waals surface area contributed by atoms with Crippen LogP contribution in [0.2, 0.25) is 0 Å². The van der Waals surface area contributed by atoms with Gasteiger partial charge in [0.2, 0.25) is 11.8 Å². The van der Waals surface area contributed by atoms with Crippen LogP contribution in [0.25, 0.3) is 0 Å². The second kappa shape index (κ2) is 6.38. The first-order valence-electron chi connectivity index (χ1n) is 7.86. The van der Waals surface area contributed by atoms with E-state index in [1.807, 2.05) is 31.2 Å². The normalized spacial score (nSPS) is 16.1. The van der Waals surface area contributed by atoms with E-state index >= 15 is 0 Å². The first-order valence-corrected chi connectivity index (χ1v) is 7.86. The number of pyridine rings is 1. The van der Waals surface area contributed by atoms with Crippen LogP contribution in [0.4, 0.5) is 5.69 Å². The molecule has 0 bridgehead atoms. The molecule has 1 saturated carbocycles. The number of anilines is 1. The number of carbonyl (C=O) groups is 1. The number of nitrogens with one attached hydrogen (secondary N) is 1. The number of benzene rings is 1. The highest BCUT2D eigenvalue weighted by atomic mass is 16.5. The largest absolute Gasteiger partial charge is 0.439 e. The van der Waals surface area contributed by atoms with Gasteiger partial charge in [-0.2, -0.15) is 0 Å². The summed E-state index contributed by atoms with van der Waals surface area (Å²) in [5, 5.41) is 2.84. The van der Waals surface area contributed by atoms with Crippen molar-refractivity contribution in [3.05, 3.63) is 48.2 Å². The molecular weight excluding hydrogens is 290 g/mol. The summed E-state index contributed by atoms with van der Waals surface area (Å²) in [5.74, 6) is 1.07. The van der Waals surface area contributed by atoms with Crippen LogP contribution in [0.3, 0.4) is 0 Å². The van der Waals surface area contributed by atoms with Gasteiger partial charge in [0.1, 0.15) is 5.75 Å². The van der Waals surface area contributed by atoms with Gasteiger partial charge in [-0.1, -0.05) is 30.5 Å². The molecule has 1 amide bonds. The fourth-order valence-corrected chi connectivity index (χ4v) is 2.73. The van der Waals surface area contributed by atoms with Gasteiger partial charge in [-0.05, 0) is 38.0 Å². The first-order chi connectivity index (χ1) is 11.0. The van der Waals surface area contributed by atoms with E-state index in [1.165, 1.54) is 5.56 Å². The Morgan fingerprint density at radius 3 is 2.48 bits per heavy atom. The lowest BCUT2D eigenvalue weighted by Gasteiger charge is -2.22. The predicted molar refractivity (Wildman–Crippen MR) is 89.5 cm³/mol. The van der Waals surface area contributed by atoms with Crippen LogP contribution in [-0.2, 0) is 4.79 Å². The molecule has 3 rings (SSSR count). The van der Waals surface area contributed by atoms with E-state index in [0.29, 0.717) is 11.6 Å². The Balaban J connectivity index is 1.62. The van der Waals surface area contributed by atoms with Gasteiger partial charge in [0.05, 0.1) is 17.4 Å². The Bertz CT molecular complexity index is 674. The molecule has 0 atom stereocenters. The third-order valence-corrected chi connectivity index (χ3v) is 4.19. The number of carbonyl (C=O) groups excluding carboxylic acids is 1. The zero-order valence-electron chi connectivity index (χ0n) is 13.2. The molecule has 1 aliphatic rings. The topological polar surface area (TPSA) is 77.2 Å². The van der Waals surface area contributed by atoms with E-state index in [0.717, 1.165) is 31.4 Å². The molecule has 120 valence electrons. The summed E-state index contributed by atoms with van der Waals surface area (Å²) in [4.78, 5) is 16.5. The smallest absolute Gasteiger partial charge is 0.244 e. The van der Waals surface area contributed by atoms with E-state index in [4.69, 9.17) is 10.5 Å². The number of aryl methyl sites for hydroxylation is 1. The number of ether oxygens (including phenoxy) is 1. The van der Waals surface area contributed by atoms with Gasteiger partial charge in [0.25, 0.3) is 0 Å². The minimum absolute atomic E-state index is 0.135. The molecular formula is C18H21N3O2. The lowest BCUT2D eigenvalue weighted by molar-refractivity contribution is -0.121. The number of hydrogen-bond donors (Lipinski definition) is 2. The van der Waals surface area contributed by atoms with Crippen molar-refractivity contribution in [3.8, 4) is 11.6 Å². The number of nitrogens with zero attached hydrogens (tertiary/aromatic N) is 1. The molecule has 23 heavy (non-hydrogen) atoms. The Kier molecular flexibility index (Phi) is 4.30. The van der Waals surface area contributed by atoms with Crippen LogP contribution in [-0.4, -0.2) is 16.4 Å². The Morgan fingerprint density at radius 1 is 1.17 bits per heavy atom. The second-order valence-corrected chi connectivity index (χ2v) is 6.12. The molecule has 0 unspecified atom stereocenters. The highest BCUT2D eigenvalue weighted by Gasteiger charge is 2.36. The second-order valence-electron chi connectivity index (χ2n) is 6.12. The van der Waals surface area contributed by atoms with Crippen LogP contribution < -0.4 is 15.8 Å². The van der Waals surface area contributed by atoms with Crippen LogP contribution in [0.15, 0.2) is 42.6 Å². The number of amides is 1. The Hall–Kier alpha value is -2.40. The van der Waals surface area contributed by atoms with Crippen molar-refractivity contribution in [2.45, 2.75) is 38.1 Å². The van der Waals surface area contributed by atoms with Crippen molar-refractivity contribution in [1.82, 2.24) is 4.98 Å². The molecule has 0 aliphatic heterocycles. The van der Waals surface area contributed by atoms with Crippen molar-refractivity contribution in [3.63, 3.8) is 0 Å². The highest BCUT2D eigenvalue weighted by molar-refractivity contribution is 5.98. The molecule has 1 heterocycles. The van der Waals surface area contributed by atoms with Gasteiger partial charge < -0.3 is 15.8 Å². The summed E-state index contributed by atoms with van der Waals surface area (Å²) in [6.45, 7) is 2.02. The monoisotopic (exact) mass is 311 g/mol. The van der Waals surface area contributed by atoms with Crippen molar-refractivity contribution in [1.29, 1.82) is 0 Å². The summed E-state index contributed by atoms with van der Waals surface area (Å²) < 4.78 is 5.66. The van der Waals surface area contributed by atoms with Gasteiger partial charge in [-0.15, -0.1) is 0 Å². The molecule has 1 aliphatic carbocycles. The van der Waals surface area contributed by atoms with Crippen molar-refractivity contribution < 1.29 is 9.53 Å². The van der Waals surface area contributed by atoms with Gasteiger partial charge in [0.15, 0.2) is 0 Å². The predicted octanol–water partition coefficient (Wildman–Crippen LogP) is 3.39. The summed E-state index contributed by atoms with van der Waals surface area (Å²) in [5.41, 5.74) is 7.20. The van der Waals surface area contributed by atoms with Gasteiger partial charge >= 0.3 is 0 Å². The van der Waals surface area contributed by atoms with E-state index < -0.39 is 5.54 Å². The molecule has 1 aromatic carbocycles. The molecule has 1 aromatic heterocycles. The van der Waals surface area contributed by atoms with Crippen LogP contribution in [0.5, 0.6) is 11.6 Å². The summed E-state index contributed by atoms with van der Waals surface area (Å²) >= 11 is 0. The maximum Gasteiger partial charge on any atom is 0.244 e. The summed E-state index contributed by atoms with van der Waals surface area (Å²) in [6.07, 6.45) is 5.07. The first kappa shape index (κ1) is 15.5. The number of hydrogen-bond acceptors (Lipinski definition) is 4. The molecule has 0 saturated heterocycles. The maximum absolute atomic E-state index is 12.2. The highest BCUT2D eigenvalue weighted by Crippen LogP contribution is 2.28. The van der Waals surface area contributed by atoms with Crippen LogP contribution in [0.1, 0.15) is 31.2 Å². The van der Waals surface area contributed by atoms with Gasteiger partial charge in [-0.3, -0.25) is 4.79 Å². The molecule has 2 aromatic rings. The molecule has 0 radical (unpaired) electrons. The Labute approximate surface area is 135 Å². The standard InChI is InChI=1S/C18H21N3O2/c1-13-4-7-15(8-5-13)23-16-9-6-14(12-20-16)21-17(22)18(19)10-2-3-11-18/h4-9,12H,2-3,10-11,19H2,1H3,(H,21,22). The van der Waals surface area contributed by atoms with Crippen molar-refractivity contribution in [2.24, 2.45) is 5.73 Å². The van der Waals surface area contributed by atoms with Crippen molar-refractivity contribution in [2.75, 3.05) is 5.32 Å². The van der Waals surface area contributed by atoms with Crippen LogP contribution in [0, 0.1) is 6.92 Å². The number of nitrogens with two attached hydrogens (primary N) is 1. The summed E-state index contributed by atoms with van der Waals surface area (Å²) in [7, 11) is 0. The van der Waals surface area contributed by atoms with E-state index in [9.17, 15) is 4.79 Å². The molecule has 5 nitrogen and oxygen atoms in total. The zero-order chi connectivity index (χ0) is 16.3. The average molecular weight is 311 g/mol. The average Bonchev–Trinajstić information content (AvgIpc) is 3.00. The minimum Gasteiger partial charge on any atom is -0.439 e. The maximum atomic E-state index is 12.2. The van der Waals surface area contributed by atoms with E-state index in [1.54, 1.807) is 18.3 Å². The SMILES string of the molecule is Cc1ccc(Oc2ccc(NC(=O)C3(N)CCCC3)cn2)cc1. The van der Waals surface area contributed by atoms with E-state index in [2.05, 4.69) is 10.3 Å². The lowest BCUT2D eigenvalue weighted by atomic mass is 9.98. The fourth-order valence-electron chi connectivity index (χ4n) is 2.73. The summed E-state index contributed by atoms with van der Waals surface area (Å²) in [6, 6.07) is 11.2. The quantitative estimate of drug-likeness (QED) is 0.907. The minimum atomic E-state index is -0.739. The lowest BCUT2D eigenvalue weighted by Crippen LogP contribution is -2.48. The molecule has 3 N–H and O–H groups in total. The zero-order valence-corrected chi connectivity index (χ0v) is 13.2. The van der Waals surface area contributed by atoms with Crippen molar-refractivity contribution >= 4 is 11.6 Å². The van der Waals surface area contributed by atoms with Gasteiger partial charge in [-0.25, -0.2) is 4.98 Å². The van der Waals surface area contributed by atoms with E-state index in [-0.39, 0.29) is 5.91 Å². The third kappa shape index (κ3) is 3.68. The molecule has 1 fully saturated rings. The molecule has 0 spiro atoms. The Morgan fingerprint density at radius 2 is 1.87 bits per heavy atom.